The van der Waals surface area contributed by atoms with E-state index >= 15 is 0 Å². The Morgan fingerprint density at radius 1 is 0.352 bits per heavy atom. The normalized spacial score (nSPS) is 11.7. The Balaban J connectivity index is 0.793. The van der Waals surface area contributed by atoms with Gasteiger partial charge >= 0.3 is 0 Å². The van der Waals surface area contributed by atoms with Crippen molar-refractivity contribution < 1.29 is 9.47 Å². The molecule has 0 N–H and O–H groups in total. The van der Waals surface area contributed by atoms with Crippen LogP contribution in [0.2, 0.25) is 0 Å². The van der Waals surface area contributed by atoms with Gasteiger partial charge < -0.3 is 9.47 Å². The summed E-state index contributed by atoms with van der Waals surface area (Å²) in [5.74, 6) is 1.63. The van der Waals surface area contributed by atoms with Crippen LogP contribution in [0.4, 0.5) is 0 Å². The number of rotatable bonds is 10. The number of ether oxygens (including phenoxy) is 2. The molecule has 4 nitrogen and oxygen atoms in total. The minimum Gasteiger partial charge on any atom is -0.489 e. The molecule has 258 valence electrons. The fourth-order valence-corrected chi connectivity index (χ4v) is 6.86. The van der Waals surface area contributed by atoms with E-state index in [0.717, 1.165) is 56.2 Å². The van der Waals surface area contributed by atoms with Gasteiger partial charge in [-0.1, -0.05) is 133 Å². The van der Waals surface area contributed by atoms with Gasteiger partial charge in [-0.3, -0.25) is 0 Å². The second kappa shape index (κ2) is 14.9. The van der Waals surface area contributed by atoms with Gasteiger partial charge in [0.25, 0.3) is 0 Å². The molecule has 0 fully saturated rings. The van der Waals surface area contributed by atoms with E-state index in [0.29, 0.717) is 13.2 Å². The van der Waals surface area contributed by atoms with Gasteiger partial charge in [-0.05, 0) is 104 Å². The summed E-state index contributed by atoms with van der Waals surface area (Å²) >= 11 is 0. The van der Waals surface area contributed by atoms with Gasteiger partial charge in [-0.25, -0.2) is 9.97 Å². The quantitative estimate of drug-likeness (QED) is 0.134. The van der Waals surface area contributed by atoms with Crippen LogP contribution in [-0.4, -0.2) is 9.97 Å². The minimum absolute atomic E-state index is 0.452. The number of fused-ring (bicyclic) bond motifs is 6. The van der Waals surface area contributed by atoms with Crippen molar-refractivity contribution in [2.45, 2.75) is 13.2 Å². The number of hydrogen-bond donors (Lipinski definition) is 0. The van der Waals surface area contributed by atoms with E-state index in [1.807, 2.05) is 36.4 Å². The maximum atomic E-state index is 6.20. The van der Waals surface area contributed by atoms with E-state index in [1.54, 1.807) is 0 Å². The van der Waals surface area contributed by atoms with Crippen LogP contribution >= 0.6 is 0 Å². The van der Waals surface area contributed by atoms with Crippen molar-refractivity contribution in [1.29, 1.82) is 0 Å². The number of pyridine rings is 2. The fraction of sp³-hybridized carbons (Fsp3) is 0.0400. The molecule has 0 saturated carbocycles. The molecule has 0 aliphatic carbocycles. The summed E-state index contributed by atoms with van der Waals surface area (Å²) in [7, 11) is 0. The summed E-state index contributed by atoms with van der Waals surface area (Å²) in [5, 5.41) is 7.24. The molecule has 9 rings (SSSR count). The van der Waals surface area contributed by atoms with E-state index in [9.17, 15) is 0 Å². The highest BCUT2D eigenvalue weighted by atomic mass is 16.5. The monoisotopic (exact) mass is 696 g/mol. The zero-order valence-electron chi connectivity index (χ0n) is 29.6. The van der Waals surface area contributed by atoms with Gasteiger partial charge in [0.15, 0.2) is 0 Å². The Bertz CT molecular complexity index is 2630. The number of aromatic nitrogens is 2. The van der Waals surface area contributed by atoms with Crippen molar-refractivity contribution in [3.63, 3.8) is 0 Å². The molecule has 0 unspecified atom stereocenters. The van der Waals surface area contributed by atoms with Gasteiger partial charge in [0.05, 0.1) is 22.4 Å². The Morgan fingerprint density at radius 2 is 0.778 bits per heavy atom. The van der Waals surface area contributed by atoms with Gasteiger partial charge in [-0.2, -0.15) is 0 Å². The van der Waals surface area contributed by atoms with Crippen LogP contribution in [0.25, 0.3) is 67.7 Å². The first-order valence-corrected chi connectivity index (χ1v) is 18.2. The third-order valence-electron chi connectivity index (χ3n) is 9.80. The van der Waals surface area contributed by atoms with Crippen LogP contribution in [0.5, 0.6) is 11.5 Å². The average Bonchev–Trinajstić information content (AvgIpc) is 3.24. The summed E-state index contributed by atoms with van der Waals surface area (Å²) in [6, 6.07) is 58.3. The molecule has 2 heterocycles. The second-order valence-corrected chi connectivity index (χ2v) is 13.3. The van der Waals surface area contributed by atoms with Crippen molar-refractivity contribution in [3.05, 3.63) is 203 Å². The second-order valence-electron chi connectivity index (χ2n) is 13.3. The van der Waals surface area contributed by atoms with Crippen molar-refractivity contribution in [2.75, 3.05) is 0 Å². The van der Waals surface area contributed by atoms with Crippen molar-refractivity contribution in [3.8, 4) is 11.5 Å². The first-order chi connectivity index (χ1) is 26.7. The average molecular weight is 697 g/mol. The summed E-state index contributed by atoms with van der Waals surface area (Å²) < 4.78 is 12.4. The molecule has 0 bridgehead atoms. The minimum atomic E-state index is 0.452. The topological polar surface area (TPSA) is 44.2 Å². The smallest absolute Gasteiger partial charge is 0.119 e. The highest BCUT2D eigenvalue weighted by Crippen LogP contribution is 2.27. The zero-order chi connectivity index (χ0) is 36.1. The van der Waals surface area contributed by atoms with Crippen molar-refractivity contribution in [2.24, 2.45) is 0 Å². The molecule has 0 amide bonds. The van der Waals surface area contributed by atoms with Crippen LogP contribution in [0.15, 0.2) is 170 Å². The van der Waals surface area contributed by atoms with E-state index in [1.165, 1.54) is 32.3 Å². The summed E-state index contributed by atoms with van der Waals surface area (Å²) in [6.45, 7) is 0.903. The molecule has 0 atom stereocenters. The molecular weight excluding hydrogens is 661 g/mol. The molecule has 54 heavy (non-hydrogen) atoms. The summed E-state index contributed by atoms with van der Waals surface area (Å²) in [6.07, 6.45) is 8.27. The lowest BCUT2D eigenvalue weighted by Gasteiger charge is -2.13. The first kappa shape index (κ1) is 32.8. The molecule has 0 spiro atoms. The fourth-order valence-electron chi connectivity index (χ4n) is 6.86. The number of nitrogens with zero attached hydrogens (tertiary/aromatic N) is 2. The largest absolute Gasteiger partial charge is 0.489 e. The molecule has 7 aromatic carbocycles. The van der Waals surface area contributed by atoms with Crippen LogP contribution in [0, 0.1) is 0 Å². The molecular formula is C50H36N2O2. The standard InChI is InChI=1S/C50H36N2O2/c1-2-10-40(34-54-44-27-17-36(18-28-44)14-22-42-24-30-48-46-12-6-4-8-38(46)20-32-50(48)52-42)39(9-1)33-53-43-25-15-35(16-26-43)13-21-41-23-29-47-45-11-5-3-7-37(45)19-31-49(47)51-41/h1-32H,33-34H2/b21-13+,22-14+. The Labute approximate surface area is 314 Å². The predicted molar refractivity (Wildman–Crippen MR) is 224 cm³/mol. The molecule has 0 aliphatic rings. The first-order valence-electron chi connectivity index (χ1n) is 18.2. The van der Waals surface area contributed by atoms with E-state index in [4.69, 9.17) is 19.4 Å². The van der Waals surface area contributed by atoms with Crippen molar-refractivity contribution >= 4 is 67.7 Å². The van der Waals surface area contributed by atoms with E-state index in [-0.39, 0.29) is 0 Å². The predicted octanol–water partition coefficient (Wildman–Crippen LogP) is 12.6. The third kappa shape index (κ3) is 7.19. The van der Waals surface area contributed by atoms with Crippen LogP contribution < -0.4 is 9.47 Å². The van der Waals surface area contributed by atoms with Gasteiger partial charge in [0, 0.05) is 10.8 Å². The Kier molecular flexibility index (Phi) is 9.06. The lowest BCUT2D eigenvalue weighted by Crippen LogP contribution is -2.03. The molecule has 9 aromatic rings. The maximum Gasteiger partial charge on any atom is 0.119 e. The lowest BCUT2D eigenvalue weighted by atomic mass is 10.0. The molecule has 0 aliphatic heterocycles. The molecule has 0 saturated heterocycles. The van der Waals surface area contributed by atoms with E-state index in [2.05, 4.69) is 158 Å². The maximum absolute atomic E-state index is 6.20. The third-order valence-corrected chi connectivity index (χ3v) is 9.80. The van der Waals surface area contributed by atoms with Gasteiger partial charge in [0.2, 0.25) is 0 Å². The van der Waals surface area contributed by atoms with Gasteiger partial charge in [0.1, 0.15) is 24.7 Å². The summed E-state index contributed by atoms with van der Waals surface area (Å²) in [4.78, 5) is 9.75. The van der Waals surface area contributed by atoms with Gasteiger partial charge in [-0.15, -0.1) is 0 Å². The summed E-state index contributed by atoms with van der Waals surface area (Å²) in [5.41, 5.74) is 8.18. The number of hydrogen-bond acceptors (Lipinski definition) is 4. The SMILES string of the molecule is C(=C\c1ccc2c(ccc3ccccc32)n1)/c1ccc(OCc2ccccc2COc2ccc(/C=C/c3ccc4c(ccc5ccccc54)n3)cc2)cc1. The van der Waals surface area contributed by atoms with Crippen LogP contribution in [-0.2, 0) is 13.2 Å². The highest BCUT2D eigenvalue weighted by molar-refractivity contribution is 6.07. The number of benzene rings is 7. The molecule has 0 radical (unpaired) electrons. The Morgan fingerprint density at radius 3 is 1.24 bits per heavy atom. The van der Waals surface area contributed by atoms with E-state index < -0.39 is 0 Å². The highest BCUT2D eigenvalue weighted by Gasteiger charge is 2.07. The zero-order valence-corrected chi connectivity index (χ0v) is 29.6. The Hall–Kier alpha value is -7.04. The van der Waals surface area contributed by atoms with Crippen LogP contribution in [0.1, 0.15) is 33.6 Å². The molecule has 4 heteroatoms. The van der Waals surface area contributed by atoms with Crippen molar-refractivity contribution in [1.82, 2.24) is 9.97 Å². The van der Waals surface area contributed by atoms with Crippen LogP contribution in [0.3, 0.4) is 0 Å². The lowest BCUT2D eigenvalue weighted by molar-refractivity contribution is 0.285. The molecule has 2 aromatic heterocycles.